The molecule has 0 aliphatic rings. The standard InChI is InChI=1S/C8H12BNO2/c1-10-8-6-4-3-5-7(8)9(11)12-2/h3-6,10-11H,1-2H3. The maximum absolute atomic E-state index is 9.38. The molecule has 0 amide bonds. The van der Waals surface area contributed by atoms with Gasteiger partial charge in [0.15, 0.2) is 0 Å². The molecule has 0 unspecified atom stereocenters. The molecule has 0 saturated carbocycles. The minimum Gasteiger partial charge on any atom is -0.423 e. The molecule has 0 saturated heterocycles. The summed E-state index contributed by atoms with van der Waals surface area (Å²) in [5.74, 6) is 0. The molecule has 0 heterocycles. The number of nitrogens with one attached hydrogen (secondary N) is 1. The third-order valence-corrected chi connectivity index (χ3v) is 1.72. The topological polar surface area (TPSA) is 41.5 Å². The average Bonchev–Trinajstić information content (AvgIpc) is 2.16. The molecule has 3 nitrogen and oxygen atoms in total. The monoisotopic (exact) mass is 165 g/mol. The van der Waals surface area contributed by atoms with E-state index in [4.69, 9.17) is 4.65 Å². The predicted molar refractivity (Wildman–Crippen MR) is 50.6 cm³/mol. The van der Waals surface area contributed by atoms with Crippen molar-refractivity contribution < 1.29 is 9.68 Å². The van der Waals surface area contributed by atoms with Crippen molar-refractivity contribution in [2.75, 3.05) is 19.5 Å². The first kappa shape index (κ1) is 9.10. The summed E-state index contributed by atoms with van der Waals surface area (Å²) in [7, 11) is 2.42. The number of anilines is 1. The quantitative estimate of drug-likeness (QED) is 0.622. The summed E-state index contributed by atoms with van der Waals surface area (Å²) in [4.78, 5) is 0. The molecule has 0 radical (unpaired) electrons. The Morgan fingerprint density at radius 2 is 2.08 bits per heavy atom. The molecule has 0 atom stereocenters. The van der Waals surface area contributed by atoms with Gasteiger partial charge in [-0.25, -0.2) is 0 Å². The lowest BCUT2D eigenvalue weighted by atomic mass is 9.78. The molecule has 0 spiro atoms. The molecule has 1 aromatic carbocycles. The van der Waals surface area contributed by atoms with Gasteiger partial charge >= 0.3 is 7.12 Å². The smallest absolute Gasteiger partial charge is 0.423 e. The summed E-state index contributed by atoms with van der Waals surface area (Å²) in [5, 5.41) is 12.3. The van der Waals surface area contributed by atoms with Crippen molar-refractivity contribution in [2.24, 2.45) is 0 Å². The summed E-state index contributed by atoms with van der Waals surface area (Å²) in [5.41, 5.74) is 1.63. The van der Waals surface area contributed by atoms with Gasteiger partial charge in [0.25, 0.3) is 0 Å². The van der Waals surface area contributed by atoms with E-state index in [9.17, 15) is 5.02 Å². The lowest BCUT2D eigenvalue weighted by Gasteiger charge is -2.09. The van der Waals surface area contributed by atoms with Crippen LogP contribution in [0.15, 0.2) is 24.3 Å². The maximum Gasteiger partial charge on any atom is 0.493 e. The molecule has 0 aromatic heterocycles. The van der Waals surface area contributed by atoms with Gasteiger partial charge in [0.05, 0.1) is 0 Å². The molecule has 1 aromatic rings. The summed E-state index contributed by atoms with van der Waals surface area (Å²) in [6, 6.07) is 7.47. The van der Waals surface area contributed by atoms with Crippen molar-refractivity contribution in [2.45, 2.75) is 0 Å². The number of hydrogen-bond donors (Lipinski definition) is 2. The van der Waals surface area contributed by atoms with E-state index in [1.54, 1.807) is 7.05 Å². The number of benzene rings is 1. The fourth-order valence-electron chi connectivity index (χ4n) is 1.07. The minimum absolute atomic E-state index is 0.752. The van der Waals surface area contributed by atoms with Crippen LogP contribution >= 0.6 is 0 Å². The molecule has 0 bridgehead atoms. The third-order valence-electron chi connectivity index (χ3n) is 1.72. The molecule has 0 aliphatic carbocycles. The number of rotatable bonds is 3. The highest BCUT2D eigenvalue weighted by atomic mass is 16.5. The van der Waals surface area contributed by atoms with E-state index < -0.39 is 7.12 Å². The first-order chi connectivity index (χ1) is 5.79. The highest BCUT2D eigenvalue weighted by molar-refractivity contribution is 6.61. The van der Waals surface area contributed by atoms with E-state index in [1.807, 2.05) is 24.3 Å². The number of para-hydroxylation sites is 1. The van der Waals surface area contributed by atoms with Crippen LogP contribution in [-0.2, 0) is 4.65 Å². The van der Waals surface area contributed by atoms with E-state index in [2.05, 4.69) is 5.32 Å². The second-order valence-corrected chi connectivity index (χ2v) is 2.43. The van der Waals surface area contributed by atoms with Crippen LogP contribution in [-0.4, -0.2) is 26.3 Å². The van der Waals surface area contributed by atoms with E-state index in [1.165, 1.54) is 7.11 Å². The van der Waals surface area contributed by atoms with Gasteiger partial charge < -0.3 is 15.0 Å². The van der Waals surface area contributed by atoms with Gasteiger partial charge in [-0.15, -0.1) is 0 Å². The lowest BCUT2D eigenvalue weighted by Crippen LogP contribution is -2.34. The van der Waals surface area contributed by atoms with Crippen molar-refractivity contribution in [3.63, 3.8) is 0 Å². The van der Waals surface area contributed by atoms with Gasteiger partial charge in [-0.2, -0.15) is 0 Å². The van der Waals surface area contributed by atoms with Gasteiger partial charge in [0.2, 0.25) is 0 Å². The van der Waals surface area contributed by atoms with Crippen molar-refractivity contribution in [3.05, 3.63) is 24.3 Å². The molecule has 64 valence electrons. The highest BCUT2D eigenvalue weighted by Crippen LogP contribution is 2.02. The Morgan fingerprint density at radius 1 is 1.42 bits per heavy atom. The molecule has 0 fully saturated rings. The fraction of sp³-hybridized carbons (Fsp3) is 0.250. The zero-order valence-electron chi connectivity index (χ0n) is 7.24. The van der Waals surface area contributed by atoms with E-state index in [0.29, 0.717) is 0 Å². The molecule has 1 rings (SSSR count). The van der Waals surface area contributed by atoms with Gasteiger partial charge in [0, 0.05) is 25.3 Å². The van der Waals surface area contributed by atoms with Crippen molar-refractivity contribution in [3.8, 4) is 0 Å². The molecule has 2 N–H and O–H groups in total. The summed E-state index contributed by atoms with van der Waals surface area (Å²) in [6.45, 7) is 0. The second kappa shape index (κ2) is 4.14. The van der Waals surface area contributed by atoms with E-state index in [0.717, 1.165) is 11.2 Å². The average molecular weight is 165 g/mol. The van der Waals surface area contributed by atoms with Gasteiger partial charge in [-0.1, -0.05) is 18.2 Å². The van der Waals surface area contributed by atoms with Crippen LogP contribution in [0.4, 0.5) is 5.69 Å². The van der Waals surface area contributed by atoms with Gasteiger partial charge in [-0.3, -0.25) is 0 Å². The third kappa shape index (κ3) is 1.78. The van der Waals surface area contributed by atoms with Crippen LogP contribution in [0.5, 0.6) is 0 Å². The Kier molecular flexibility index (Phi) is 3.14. The summed E-state index contributed by atoms with van der Waals surface area (Å²) < 4.78 is 4.79. The molecule has 4 heteroatoms. The number of hydrogen-bond acceptors (Lipinski definition) is 3. The Hall–Kier alpha value is -0.995. The van der Waals surface area contributed by atoms with Crippen LogP contribution < -0.4 is 10.8 Å². The zero-order chi connectivity index (χ0) is 8.97. The Bertz CT molecular complexity index is 255. The normalized spacial score (nSPS) is 9.58. The fourth-order valence-corrected chi connectivity index (χ4v) is 1.07. The van der Waals surface area contributed by atoms with Crippen LogP contribution in [0, 0.1) is 0 Å². The SMILES string of the molecule is CNc1ccccc1B(O)OC. The highest BCUT2D eigenvalue weighted by Gasteiger charge is 2.16. The lowest BCUT2D eigenvalue weighted by molar-refractivity contribution is 0.342. The first-order valence-corrected chi connectivity index (χ1v) is 3.77. The van der Waals surface area contributed by atoms with Gasteiger partial charge in [0.1, 0.15) is 0 Å². The second-order valence-electron chi connectivity index (χ2n) is 2.43. The van der Waals surface area contributed by atoms with Gasteiger partial charge in [-0.05, 0) is 6.07 Å². The largest absolute Gasteiger partial charge is 0.493 e. The Balaban J connectivity index is 2.96. The molecular formula is C8H12BNO2. The predicted octanol–water partition coefficient (Wildman–Crippen LogP) is 0.0622. The Labute approximate surface area is 72.5 Å². The maximum atomic E-state index is 9.38. The molecular weight excluding hydrogens is 153 g/mol. The minimum atomic E-state index is -0.853. The molecule has 0 aliphatic heterocycles. The Morgan fingerprint density at radius 3 is 2.67 bits per heavy atom. The first-order valence-electron chi connectivity index (χ1n) is 3.77. The summed E-state index contributed by atoms with van der Waals surface area (Å²) in [6.07, 6.45) is 0. The van der Waals surface area contributed by atoms with Crippen molar-refractivity contribution in [1.29, 1.82) is 0 Å². The van der Waals surface area contributed by atoms with Crippen LogP contribution in [0.1, 0.15) is 0 Å². The van der Waals surface area contributed by atoms with E-state index >= 15 is 0 Å². The summed E-state index contributed by atoms with van der Waals surface area (Å²) >= 11 is 0. The van der Waals surface area contributed by atoms with E-state index in [-0.39, 0.29) is 0 Å². The van der Waals surface area contributed by atoms with Crippen LogP contribution in [0.2, 0.25) is 0 Å². The van der Waals surface area contributed by atoms with Crippen LogP contribution in [0.3, 0.4) is 0 Å². The van der Waals surface area contributed by atoms with Crippen LogP contribution in [0.25, 0.3) is 0 Å². The van der Waals surface area contributed by atoms with Crippen molar-refractivity contribution >= 4 is 18.3 Å². The van der Waals surface area contributed by atoms with Crippen molar-refractivity contribution in [1.82, 2.24) is 0 Å². The molecule has 12 heavy (non-hydrogen) atoms. The zero-order valence-corrected chi connectivity index (χ0v) is 7.24.